The molecule has 0 atom stereocenters. The molecule has 0 radical (unpaired) electrons. The zero-order chi connectivity index (χ0) is 14.7. The van der Waals surface area contributed by atoms with Gasteiger partial charge in [-0.15, -0.1) is 5.10 Å². The zero-order valence-corrected chi connectivity index (χ0v) is 10.6. The number of nitrogens with zero attached hydrogens (tertiary/aromatic N) is 4. The van der Waals surface area contributed by atoms with Gasteiger partial charge in [0.25, 0.3) is 0 Å². The summed E-state index contributed by atoms with van der Waals surface area (Å²) in [6.07, 6.45) is 2.98. The van der Waals surface area contributed by atoms with Crippen LogP contribution in [0.25, 0.3) is 10.8 Å². The molecule has 0 unspecified atom stereocenters. The van der Waals surface area contributed by atoms with Gasteiger partial charge in [-0.3, -0.25) is 15.5 Å². The topological polar surface area (TPSA) is 106 Å². The Morgan fingerprint density at radius 3 is 2.95 bits per heavy atom. The molecule has 2 aromatic heterocycles. The first-order chi connectivity index (χ1) is 10.2. The average molecular weight is 283 g/mol. The van der Waals surface area contributed by atoms with Gasteiger partial charge in [-0.05, 0) is 6.07 Å². The second kappa shape index (κ2) is 5.37. The fourth-order valence-corrected chi connectivity index (χ4v) is 1.78. The van der Waals surface area contributed by atoms with Crippen molar-refractivity contribution >= 4 is 28.7 Å². The number of hydrogen-bond donors (Lipinski definition) is 1. The summed E-state index contributed by atoms with van der Waals surface area (Å²) in [5.41, 5.74) is 2.74. The summed E-state index contributed by atoms with van der Waals surface area (Å²) in [6, 6.07) is 10.3. The van der Waals surface area contributed by atoms with Crippen molar-refractivity contribution in [3.05, 3.63) is 58.5 Å². The molecule has 8 heteroatoms. The summed E-state index contributed by atoms with van der Waals surface area (Å²) in [7, 11) is 0. The van der Waals surface area contributed by atoms with Crippen molar-refractivity contribution in [3.63, 3.8) is 0 Å². The molecule has 0 spiro atoms. The lowest BCUT2D eigenvalue weighted by atomic mass is 10.2. The minimum absolute atomic E-state index is 0.266. The first kappa shape index (κ1) is 12.7. The third-order valence-electron chi connectivity index (χ3n) is 2.73. The van der Waals surface area contributed by atoms with Crippen molar-refractivity contribution in [2.24, 2.45) is 5.10 Å². The van der Waals surface area contributed by atoms with Crippen molar-refractivity contribution in [2.75, 3.05) is 5.43 Å². The van der Waals surface area contributed by atoms with Crippen molar-refractivity contribution in [3.8, 4) is 0 Å². The van der Waals surface area contributed by atoms with E-state index in [0.717, 1.165) is 10.8 Å². The van der Waals surface area contributed by atoms with Crippen molar-refractivity contribution in [1.82, 2.24) is 10.2 Å². The van der Waals surface area contributed by atoms with E-state index in [9.17, 15) is 10.1 Å². The number of aromatic nitrogens is 2. The Hall–Kier alpha value is -3.29. The van der Waals surface area contributed by atoms with E-state index >= 15 is 0 Å². The molecule has 0 aliphatic heterocycles. The molecule has 0 saturated heterocycles. The second-order valence-corrected chi connectivity index (χ2v) is 4.08. The van der Waals surface area contributed by atoms with Gasteiger partial charge in [0, 0.05) is 10.8 Å². The van der Waals surface area contributed by atoms with Gasteiger partial charge in [0.05, 0.1) is 18.5 Å². The molecule has 104 valence electrons. The summed E-state index contributed by atoms with van der Waals surface area (Å²) < 4.78 is 4.95. The molecule has 21 heavy (non-hydrogen) atoms. The second-order valence-electron chi connectivity index (χ2n) is 4.08. The van der Waals surface area contributed by atoms with Crippen LogP contribution >= 0.6 is 0 Å². The Morgan fingerprint density at radius 1 is 1.29 bits per heavy atom. The quantitative estimate of drug-likeness (QED) is 0.448. The lowest BCUT2D eigenvalue weighted by Gasteiger charge is -2.02. The monoisotopic (exact) mass is 283 g/mol. The molecule has 1 aromatic carbocycles. The third kappa shape index (κ3) is 2.68. The molecule has 3 aromatic rings. The Bertz CT molecular complexity index is 822. The van der Waals surface area contributed by atoms with Gasteiger partial charge in [0.15, 0.2) is 11.6 Å². The maximum absolute atomic E-state index is 10.5. The molecule has 0 aliphatic rings. The Morgan fingerprint density at radius 2 is 2.14 bits per heavy atom. The van der Waals surface area contributed by atoms with Crippen LogP contribution in [0.3, 0.4) is 0 Å². The van der Waals surface area contributed by atoms with Crippen LogP contribution in [0.15, 0.2) is 52.1 Å². The van der Waals surface area contributed by atoms with Crippen LogP contribution in [0, 0.1) is 10.1 Å². The zero-order valence-electron chi connectivity index (χ0n) is 10.6. The largest absolute Gasteiger partial charge is 0.433 e. The molecule has 0 amide bonds. The molecule has 0 bridgehead atoms. The summed E-state index contributed by atoms with van der Waals surface area (Å²) in [5.74, 6) is 0.425. The minimum Gasteiger partial charge on any atom is -0.400 e. The molecule has 0 aliphatic carbocycles. The van der Waals surface area contributed by atoms with E-state index in [-0.39, 0.29) is 11.6 Å². The number of hydrogen-bond acceptors (Lipinski definition) is 7. The van der Waals surface area contributed by atoms with Gasteiger partial charge < -0.3 is 4.42 Å². The van der Waals surface area contributed by atoms with Crippen LogP contribution in [0.4, 0.5) is 11.7 Å². The number of anilines is 1. The first-order valence-corrected chi connectivity index (χ1v) is 5.98. The van der Waals surface area contributed by atoms with E-state index in [1.807, 2.05) is 24.3 Å². The number of furan rings is 1. The highest BCUT2D eigenvalue weighted by atomic mass is 16.6. The highest BCUT2D eigenvalue weighted by molar-refractivity contribution is 5.91. The molecular formula is C13H9N5O3. The number of fused-ring (bicyclic) bond motifs is 1. The molecule has 0 fully saturated rings. The van der Waals surface area contributed by atoms with Crippen molar-refractivity contribution < 1.29 is 9.34 Å². The SMILES string of the molecule is O=[N+]([O-])c1ccc(C=NNc2nncc3ccccc23)o1. The highest BCUT2D eigenvalue weighted by Crippen LogP contribution is 2.19. The highest BCUT2D eigenvalue weighted by Gasteiger charge is 2.10. The van der Waals surface area contributed by atoms with E-state index in [1.165, 1.54) is 18.3 Å². The fraction of sp³-hybridized carbons (Fsp3) is 0. The van der Waals surface area contributed by atoms with Gasteiger partial charge in [-0.1, -0.05) is 24.3 Å². The molecule has 8 nitrogen and oxygen atoms in total. The van der Waals surface area contributed by atoms with E-state index in [0.29, 0.717) is 5.82 Å². The van der Waals surface area contributed by atoms with Crippen molar-refractivity contribution in [1.29, 1.82) is 0 Å². The van der Waals surface area contributed by atoms with Gasteiger partial charge in [-0.25, -0.2) is 0 Å². The van der Waals surface area contributed by atoms with Crippen LogP contribution in [0.2, 0.25) is 0 Å². The van der Waals surface area contributed by atoms with Crippen LogP contribution in [0.5, 0.6) is 0 Å². The maximum atomic E-state index is 10.5. The summed E-state index contributed by atoms with van der Waals surface area (Å²) in [5, 5.41) is 24.1. The number of benzene rings is 1. The van der Waals surface area contributed by atoms with Gasteiger partial charge in [0.1, 0.15) is 4.92 Å². The van der Waals surface area contributed by atoms with E-state index in [4.69, 9.17) is 4.42 Å². The maximum Gasteiger partial charge on any atom is 0.433 e. The molecule has 1 N–H and O–H groups in total. The number of hydrazone groups is 1. The summed E-state index contributed by atoms with van der Waals surface area (Å²) in [4.78, 5) is 9.88. The Balaban J connectivity index is 1.79. The number of rotatable bonds is 4. The Labute approximate surface area is 118 Å². The van der Waals surface area contributed by atoms with E-state index in [1.54, 1.807) is 6.20 Å². The summed E-state index contributed by atoms with van der Waals surface area (Å²) in [6.45, 7) is 0. The van der Waals surface area contributed by atoms with Crippen LogP contribution in [-0.2, 0) is 0 Å². The normalized spacial score (nSPS) is 11.0. The van der Waals surface area contributed by atoms with Crippen LogP contribution in [0.1, 0.15) is 5.76 Å². The lowest BCUT2D eigenvalue weighted by molar-refractivity contribution is -0.402. The van der Waals surface area contributed by atoms with Gasteiger partial charge in [0.2, 0.25) is 0 Å². The standard InChI is InChI=1S/C13H9N5O3/c19-18(20)12-6-5-10(21-12)8-15-17-13-11-4-2-1-3-9(11)7-14-16-13/h1-8H,(H,16,17). The van der Waals surface area contributed by atoms with Gasteiger partial charge in [-0.2, -0.15) is 10.2 Å². The van der Waals surface area contributed by atoms with E-state index in [2.05, 4.69) is 20.7 Å². The lowest BCUT2D eigenvalue weighted by Crippen LogP contribution is -1.96. The first-order valence-electron chi connectivity index (χ1n) is 5.98. The molecule has 0 saturated carbocycles. The Kier molecular flexibility index (Phi) is 3.26. The predicted molar refractivity (Wildman–Crippen MR) is 76.1 cm³/mol. The molecular weight excluding hydrogens is 274 g/mol. The molecule has 2 heterocycles. The number of nitrogens with one attached hydrogen (secondary N) is 1. The predicted octanol–water partition coefficient (Wildman–Crippen LogP) is 2.58. The van der Waals surface area contributed by atoms with E-state index < -0.39 is 4.92 Å². The average Bonchev–Trinajstić information content (AvgIpc) is 2.97. The smallest absolute Gasteiger partial charge is 0.400 e. The summed E-state index contributed by atoms with van der Waals surface area (Å²) >= 11 is 0. The van der Waals surface area contributed by atoms with Gasteiger partial charge >= 0.3 is 5.88 Å². The van der Waals surface area contributed by atoms with Crippen LogP contribution < -0.4 is 5.43 Å². The minimum atomic E-state index is -0.610. The fourth-order valence-electron chi connectivity index (χ4n) is 1.78. The molecule has 3 rings (SSSR count). The third-order valence-corrected chi connectivity index (χ3v) is 2.73. The van der Waals surface area contributed by atoms with Crippen LogP contribution in [-0.4, -0.2) is 21.3 Å². The van der Waals surface area contributed by atoms with Crippen molar-refractivity contribution in [2.45, 2.75) is 0 Å². The number of nitro groups is 1.